The summed E-state index contributed by atoms with van der Waals surface area (Å²) in [4.78, 5) is 32.0. The van der Waals surface area contributed by atoms with Crippen molar-refractivity contribution in [3.8, 4) is 0 Å². The largest absolute Gasteiger partial charge is 0.465 e. The van der Waals surface area contributed by atoms with Crippen molar-refractivity contribution in [2.45, 2.75) is 64.5 Å². The molecule has 1 saturated carbocycles. The van der Waals surface area contributed by atoms with Gasteiger partial charge in [0.2, 0.25) is 20.0 Å². The summed E-state index contributed by atoms with van der Waals surface area (Å²) in [5, 5.41) is 2.87. The van der Waals surface area contributed by atoms with Gasteiger partial charge >= 0.3 is 5.97 Å². The molecule has 1 aromatic heterocycles. The van der Waals surface area contributed by atoms with Crippen LogP contribution < -0.4 is 19.2 Å². The van der Waals surface area contributed by atoms with Gasteiger partial charge in [-0.15, -0.1) is 0 Å². The predicted octanol–water partition coefficient (Wildman–Crippen LogP) is 3.51. The van der Waals surface area contributed by atoms with Gasteiger partial charge in [-0.25, -0.2) is 16.8 Å². The Hall–Kier alpha value is -3.39. The molecule has 1 amide bonds. The number of carbonyl (C=O) groups is 2. The molecular formula is C29H39N5O7S2. The fraction of sp³-hybridized carbons (Fsp3) is 0.552. The zero-order valence-corrected chi connectivity index (χ0v) is 26.6. The van der Waals surface area contributed by atoms with Crippen LogP contribution in [0.4, 0.5) is 22.7 Å². The number of rotatable bonds is 9. The number of aromatic nitrogens is 1. The molecule has 1 aliphatic carbocycles. The van der Waals surface area contributed by atoms with E-state index in [1.807, 2.05) is 0 Å². The Kier molecular flexibility index (Phi) is 8.14. The quantitative estimate of drug-likeness (QED) is 0.395. The molecule has 12 nitrogen and oxygen atoms in total. The Labute approximate surface area is 253 Å². The highest BCUT2D eigenvalue weighted by Crippen LogP contribution is 2.54. The summed E-state index contributed by atoms with van der Waals surface area (Å²) in [6, 6.07) is 6.27. The summed E-state index contributed by atoms with van der Waals surface area (Å²) in [7, 11) is -7.69. The maximum absolute atomic E-state index is 13.7. The fourth-order valence-corrected chi connectivity index (χ4v) is 7.95. The summed E-state index contributed by atoms with van der Waals surface area (Å²) >= 11 is 0. The lowest BCUT2D eigenvalue weighted by Crippen LogP contribution is -2.42. The predicted molar refractivity (Wildman–Crippen MR) is 166 cm³/mol. The molecular weight excluding hydrogens is 594 g/mol. The monoisotopic (exact) mass is 633 g/mol. The van der Waals surface area contributed by atoms with Gasteiger partial charge in [-0.2, -0.15) is 0 Å². The van der Waals surface area contributed by atoms with Gasteiger partial charge in [0, 0.05) is 26.1 Å². The molecule has 1 aromatic carbocycles. The number of hydrogen-bond donors (Lipinski definition) is 2. The number of amides is 1. The molecule has 0 radical (unpaired) electrons. The average molecular weight is 634 g/mol. The molecule has 3 aliphatic rings. The van der Waals surface area contributed by atoms with Crippen molar-refractivity contribution in [2.24, 2.45) is 5.41 Å². The van der Waals surface area contributed by atoms with Crippen molar-refractivity contribution >= 4 is 54.7 Å². The Morgan fingerprint density at radius 1 is 0.977 bits per heavy atom. The van der Waals surface area contributed by atoms with E-state index in [1.54, 1.807) is 45.9 Å². The molecule has 2 aliphatic heterocycles. The van der Waals surface area contributed by atoms with Crippen LogP contribution in [0.3, 0.4) is 0 Å². The van der Waals surface area contributed by atoms with Crippen LogP contribution in [0, 0.1) is 5.41 Å². The van der Waals surface area contributed by atoms with E-state index in [-0.39, 0.29) is 18.8 Å². The maximum atomic E-state index is 13.7. The third-order valence-corrected chi connectivity index (χ3v) is 12.0. The first-order valence-corrected chi connectivity index (χ1v) is 17.6. The molecule has 1 spiro atoms. The molecule has 3 heterocycles. The second kappa shape index (κ2) is 11.3. The van der Waals surface area contributed by atoms with Gasteiger partial charge in [0.1, 0.15) is 0 Å². The number of piperidine rings is 1. The summed E-state index contributed by atoms with van der Waals surface area (Å²) < 4.78 is 59.2. The molecule has 2 N–H and O–H groups in total. The van der Waals surface area contributed by atoms with Gasteiger partial charge in [-0.1, -0.05) is 0 Å². The summed E-state index contributed by atoms with van der Waals surface area (Å²) in [6.07, 6.45) is 6.37. The first-order chi connectivity index (χ1) is 20.1. The number of carbonyl (C=O) groups excluding carboxylic acids is 2. The second-order valence-corrected chi connectivity index (χ2v) is 16.8. The van der Waals surface area contributed by atoms with Gasteiger partial charge < -0.3 is 15.0 Å². The van der Waals surface area contributed by atoms with Crippen LogP contribution in [0.15, 0.2) is 30.5 Å². The third kappa shape index (κ3) is 6.59. The van der Waals surface area contributed by atoms with Crippen LogP contribution in [-0.4, -0.2) is 70.4 Å². The highest BCUT2D eigenvalue weighted by Gasteiger charge is 2.45. The molecule has 0 atom stereocenters. The summed E-state index contributed by atoms with van der Waals surface area (Å²) in [5.74, 6) is -2.11. The topological polar surface area (TPSA) is 155 Å². The number of sulfonamides is 2. The minimum absolute atomic E-state index is 0.0724. The smallest absolute Gasteiger partial charge is 0.323 e. The number of esters is 1. The van der Waals surface area contributed by atoms with Crippen LogP contribution in [0.5, 0.6) is 0 Å². The molecule has 0 unspecified atom stereocenters. The fourth-order valence-electron chi connectivity index (χ4n) is 5.59. The van der Waals surface area contributed by atoms with E-state index in [0.29, 0.717) is 40.2 Å². The van der Waals surface area contributed by atoms with Crippen LogP contribution in [0.1, 0.15) is 69.4 Å². The van der Waals surface area contributed by atoms with Gasteiger partial charge in [-0.3, -0.25) is 23.6 Å². The molecule has 5 rings (SSSR count). The van der Waals surface area contributed by atoms with Crippen molar-refractivity contribution < 1.29 is 31.2 Å². The lowest BCUT2D eigenvalue weighted by Gasteiger charge is -2.35. The minimum atomic E-state index is -4.03. The van der Waals surface area contributed by atoms with Crippen LogP contribution in [0.25, 0.3) is 0 Å². The maximum Gasteiger partial charge on any atom is 0.323 e. The van der Waals surface area contributed by atoms with E-state index < -0.39 is 42.4 Å². The molecule has 14 heteroatoms. The number of anilines is 4. The number of nitrogens with zero attached hydrogens (tertiary/aromatic N) is 3. The van der Waals surface area contributed by atoms with Gasteiger partial charge in [0.05, 0.1) is 51.6 Å². The normalized spacial score (nSPS) is 17.9. The van der Waals surface area contributed by atoms with Crippen LogP contribution in [-0.2, 0) is 36.0 Å². The van der Waals surface area contributed by atoms with Crippen molar-refractivity contribution in [3.63, 3.8) is 0 Å². The molecule has 1 saturated heterocycles. The zero-order chi connectivity index (χ0) is 31.2. The van der Waals surface area contributed by atoms with E-state index in [9.17, 15) is 26.4 Å². The summed E-state index contributed by atoms with van der Waals surface area (Å²) in [6.45, 7) is 8.34. The Morgan fingerprint density at radius 3 is 2.28 bits per heavy atom. The lowest BCUT2D eigenvalue weighted by atomic mass is 9.93. The van der Waals surface area contributed by atoms with Crippen molar-refractivity contribution in [1.82, 2.24) is 4.98 Å². The molecule has 234 valence electrons. The van der Waals surface area contributed by atoms with Gasteiger partial charge in [0.15, 0.2) is 5.75 Å². The van der Waals surface area contributed by atoms with Gasteiger partial charge in [0.25, 0.3) is 5.91 Å². The molecule has 0 bridgehead atoms. The van der Waals surface area contributed by atoms with Crippen molar-refractivity contribution in [2.75, 3.05) is 51.2 Å². The highest BCUT2D eigenvalue weighted by molar-refractivity contribution is 7.94. The van der Waals surface area contributed by atoms with E-state index in [4.69, 9.17) is 4.74 Å². The van der Waals surface area contributed by atoms with Gasteiger partial charge in [-0.05, 0) is 83.1 Å². The molecule has 43 heavy (non-hydrogen) atoms. The van der Waals surface area contributed by atoms with Crippen LogP contribution in [0.2, 0.25) is 0 Å². The number of hydrogen-bond acceptors (Lipinski definition) is 9. The van der Waals surface area contributed by atoms with E-state index in [2.05, 4.69) is 19.9 Å². The lowest BCUT2D eigenvalue weighted by molar-refractivity contribution is -0.139. The Bertz CT molecular complexity index is 1640. The van der Waals surface area contributed by atoms with E-state index in [1.165, 1.54) is 29.4 Å². The third-order valence-electron chi connectivity index (χ3n) is 8.34. The number of nitrogens with one attached hydrogen (secondary N) is 2. The van der Waals surface area contributed by atoms with Crippen LogP contribution >= 0.6 is 0 Å². The first kappa shape index (κ1) is 31.0. The number of fused-ring (bicyclic) bond motifs is 1. The first-order valence-electron chi connectivity index (χ1n) is 14.5. The van der Waals surface area contributed by atoms with Crippen molar-refractivity contribution in [3.05, 3.63) is 41.7 Å². The van der Waals surface area contributed by atoms with Crippen molar-refractivity contribution in [1.29, 1.82) is 0 Å². The van der Waals surface area contributed by atoms with E-state index >= 15 is 0 Å². The minimum Gasteiger partial charge on any atom is -0.465 e. The van der Waals surface area contributed by atoms with E-state index in [0.717, 1.165) is 25.9 Å². The molecule has 2 aromatic rings. The standard InChI is InChI=1S/C29H39N5O7S2/c1-5-41-26(35)19-42(37,38)32-20-6-7-22(24(16-20)33-14-11-29(9-10-29)12-15-33)27(36)31-21-17-25-23(30-18-21)8-13-34(25)43(39,40)28(2,3)4/h6-7,16-18,32H,5,8-15,19H2,1-4H3,(H,31,36). The Balaban J connectivity index is 1.41. The molecule has 2 fully saturated rings. The number of pyridine rings is 1. The highest BCUT2D eigenvalue weighted by atomic mass is 32.2. The summed E-state index contributed by atoms with van der Waals surface area (Å²) in [5.41, 5.74) is 2.95. The average Bonchev–Trinajstić information content (AvgIpc) is 3.52. The zero-order valence-electron chi connectivity index (χ0n) is 25.0. The number of benzene rings is 1. The number of ether oxygens (including phenoxy) is 1. The SMILES string of the molecule is CCOC(=O)CS(=O)(=O)Nc1ccc(C(=O)Nc2cnc3c(c2)N(S(=O)(=O)C(C)(C)C)CC3)c(N2CCC3(CC2)CC3)c1. The Morgan fingerprint density at radius 2 is 1.65 bits per heavy atom. The second-order valence-electron chi connectivity index (χ2n) is 12.5.